The smallest absolute Gasteiger partial charge is 0.135 e. The molecule has 1 rings (SSSR count). The Balaban J connectivity index is 2.86. The monoisotopic (exact) mass is 243 g/mol. The molecule has 2 nitrogen and oxygen atoms in total. The molecular formula is C10H14BrNO. The first-order valence-electron chi connectivity index (χ1n) is 4.10. The summed E-state index contributed by atoms with van der Waals surface area (Å²) >= 11 is 3.40. The summed E-state index contributed by atoms with van der Waals surface area (Å²) in [5.74, 6) is 0. The third-order valence-corrected chi connectivity index (χ3v) is 2.38. The third-order valence-electron chi connectivity index (χ3n) is 1.85. The van der Waals surface area contributed by atoms with Crippen LogP contribution in [-0.4, -0.2) is 26.1 Å². The van der Waals surface area contributed by atoms with E-state index >= 15 is 0 Å². The normalized spacial score (nSPS) is 13.3. The minimum Gasteiger partial charge on any atom is -0.362 e. The molecule has 0 saturated heterocycles. The standard InChI is InChI=1S/C10H14BrNO/c1-12(2)10(13-3)8-4-6-9(11)7-5-8/h4-7,10H,1-3H3. The second kappa shape index (κ2) is 4.74. The third kappa shape index (κ3) is 2.79. The topological polar surface area (TPSA) is 12.5 Å². The number of rotatable bonds is 3. The maximum atomic E-state index is 5.35. The van der Waals surface area contributed by atoms with Crippen LogP contribution in [0.1, 0.15) is 11.8 Å². The molecule has 72 valence electrons. The van der Waals surface area contributed by atoms with E-state index in [0.717, 1.165) is 10.0 Å². The summed E-state index contributed by atoms with van der Waals surface area (Å²) < 4.78 is 6.44. The molecule has 13 heavy (non-hydrogen) atoms. The summed E-state index contributed by atoms with van der Waals surface area (Å²) in [6.45, 7) is 0. The summed E-state index contributed by atoms with van der Waals surface area (Å²) in [4.78, 5) is 2.03. The molecule has 0 N–H and O–H groups in total. The van der Waals surface area contributed by atoms with Crippen molar-refractivity contribution in [3.05, 3.63) is 34.3 Å². The highest BCUT2D eigenvalue weighted by Gasteiger charge is 2.11. The lowest BCUT2D eigenvalue weighted by atomic mass is 10.2. The molecule has 0 bridgehead atoms. The SMILES string of the molecule is COC(c1ccc(Br)cc1)N(C)C. The quantitative estimate of drug-likeness (QED) is 0.758. The zero-order chi connectivity index (χ0) is 9.84. The van der Waals surface area contributed by atoms with Crippen molar-refractivity contribution in [2.75, 3.05) is 21.2 Å². The van der Waals surface area contributed by atoms with Gasteiger partial charge in [-0.05, 0) is 31.8 Å². The van der Waals surface area contributed by atoms with Gasteiger partial charge in [-0.3, -0.25) is 4.90 Å². The number of hydrogen-bond acceptors (Lipinski definition) is 2. The molecule has 0 spiro atoms. The molecule has 0 aliphatic heterocycles. The lowest BCUT2D eigenvalue weighted by Gasteiger charge is -2.22. The molecule has 0 radical (unpaired) electrons. The number of hydrogen-bond donors (Lipinski definition) is 0. The molecule has 0 aliphatic carbocycles. The molecule has 0 amide bonds. The van der Waals surface area contributed by atoms with E-state index < -0.39 is 0 Å². The Morgan fingerprint density at radius 2 is 1.77 bits per heavy atom. The summed E-state index contributed by atoms with van der Waals surface area (Å²) in [7, 11) is 5.71. The van der Waals surface area contributed by atoms with Crippen LogP contribution in [0.3, 0.4) is 0 Å². The van der Waals surface area contributed by atoms with Crippen LogP contribution in [0.4, 0.5) is 0 Å². The fraction of sp³-hybridized carbons (Fsp3) is 0.400. The zero-order valence-corrected chi connectivity index (χ0v) is 9.71. The molecule has 1 aromatic carbocycles. The Morgan fingerprint density at radius 1 is 1.23 bits per heavy atom. The van der Waals surface area contributed by atoms with E-state index in [0.29, 0.717) is 0 Å². The van der Waals surface area contributed by atoms with Gasteiger partial charge >= 0.3 is 0 Å². The van der Waals surface area contributed by atoms with Crippen LogP contribution in [0, 0.1) is 0 Å². The van der Waals surface area contributed by atoms with Gasteiger partial charge in [0.25, 0.3) is 0 Å². The molecule has 3 heteroatoms. The molecule has 1 aromatic rings. The predicted octanol–water partition coefficient (Wildman–Crippen LogP) is 2.66. The van der Waals surface area contributed by atoms with Crippen LogP contribution in [0.25, 0.3) is 0 Å². The Labute approximate surface area is 87.6 Å². The first kappa shape index (κ1) is 10.7. The van der Waals surface area contributed by atoms with Crippen molar-refractivity contribution in [3.8, 4) is 0 Å². The second-order valence-electron chi connectivity index (χ2n) is 3.10. The van der Waals surface area contributed by atoms with Crippen molar-refractivity contribution < 1.29 is 4.74 Å². The van der Waals surface area contributed by atoms with Crippen LogP contribution in [-0.2, 0) is 4.74 Å². The van der Waals surface area contributed by atoms with Crippen LogP contribution in [0.15, 0.2) is 28.7 Å². The van der Waals surface area contributed by atoms with Gasteiger partial charge in [0.2, 0.25) is 0 Å². The zero-order valence-electron chi connectivity index (χ0n) is 8.12. The second-order valence-corrected chi connectivity index (χ2v) is 4.02. The largest absolute Gasteiger partial charge is 0.362 e. The summed E-state index contributed by atoms with van der Waals surface area (Å²) in [6, 6.07) is 8.15. The Morgan fingerprint density at radius 3 is 2.15 bits per heavy atom. The van der Waals surface area contributed by atoms with E-state index in [2.05, 4.69) is 28.1 Å². The van der Waals surface area contributed by atoms with Crippen LogP contribution < -0.4 is 0 Å². The maximum Gasteiger partial charge on any atom is 0.135 e. The van der Waals surface area contributed by atoms with Crippen LogP contribution >= 0.6 is 15.9 Å². The first-order valence-corrected chi connectivity index (χ1v) is 4.89. The van der Waals surface area contributed by atoms with E-state index in [1.54, 1.807) is 7.11 Å². The highest BCUT2D eigenvalue weighted by molar-refractivity contribution is 9.10. The number of methoxy groups -OCH3 is 1. The fourth-order valence-electron chi connectivity index (χ4n) is 1.27. The van der Waals surface area contributed by atoms with Gasteiger partial charge in [0.1, 0.15) is 6.23 Å². The molecule has 0 aliphatic rings. The Hall–Kier alpha value is -0.380. The Bertz CT molecular complexity index is 258. The minimum atomic E-state index is 0.0353. The van der Waals surface area contributed by atoms with Crippen LogP contribution in [0.5, 0.6) is 0 Å². The van der Waals surface area contributed by atoms with Gasteiger partial charge in [-0.15, -0.1) is 0 Å². The van der Waals surface area contributed by atoms with E-state index in [9.17, 15) is 0 Å². The molecule has 1 unspecified atom stereocenters. The van der Waals surface area contributed by atoms with Gasteiger partial charge in [0, 0.05) is 11.6 Å². The first-order chi connectivity index (χ1) is 6.15. The van der Waals surface area contributed by atoms with Crippen molar-refractivity contribution >= 4 is 15.9 Å². The van der Waals surface area contributed by atoms with E-state index in [1.165, 1.54) is 0 Å². The van der Waals surface area contributed by atoms with Crippen molar-refractivity contribution in [3.63, 3.8) is 0 Å². The number of nitrogens with zero attached hydrogens (tertiary/aromatic N) is 1. The van der Waals surface area contributed by atoms with Crippen molar-refractivity contribution in [2.24, 2.45) is 0 Å². The van der Waals surface area contributed by atoms with Gasteiger partial charge in [-0.1, -0.05) is 28.1 Å². The van der Waals surface area contributed by atoms with Gasteiger partial charge < -0.3 is 4.74 Å². The summed E-state index contributed by atoms with van der Waals surface area (Å²) in [6.07, 6.45) is 0.0353. The molecule has 1 atom stereocenters. The van der Waals surface area contributed by atoms with Gasteiger partial charge in [-0.2, -0.15) is 0 Å². The molecule has 0 saturated carbocycles. The van der Waals surface area contributed by atoms with E-state index in [4.69, 9.17) is 4.74 Å². The Kier molecular flexibility index (Phi) is 3.90. The predicted molar refractivity (Wildman–Crippen MR) is 57.6 cm³/mol. The van der Waals surface area contributed by atoms with Gasteiger partial charge in [0.15, 0.2) is 0 Å². The summed E-state index contributed by atoms with van der Waals surface area (Å²) in [5, 5.41) is 0. The average molecular weight is 244 g/mol. The lowest BCUT2D eigenvalue weighted by molar-refractivity contribution is -0.00541. The van der Waals surface area contributed by atoms with Gasteiger partial charge in [-0.25, -0.2) is 0 Å². The maximum absolute atomic E-state index is 5.35. The van der Waals surface area contributed by atoms with Crippen molar-refractivity contribution in [2.45, 2.75) is 6.23 Å². The van der Waals surface area contributed by atoms with Crippen molar-refractivity contribution in [1.29, 1.82) is 0 Å². The molecule has 0 heterocycles. The van der Waals surface area contributed by atoms with Crippen molar-refractivity contribution in [1.82, 2.24) is 4.90 Å². The highest BCUT2D eigenvalue weighted by Crippen LogP contribution is 2.20. The lowest BCUT2D eigenvalue weighted by Crippen LogP contribution is -2.21. The number of benzene rings is 1. The summed E-state index contributed by atoms with van der Waals surface area (Å²) in [5.41, 5.74) is 1.16. The highest BCUT2D eigenvalue weighted by atomic mass is 79.9. The molecule has 0 fully saturated rings. The fourth-order valence-corrected chi connectivity index (χ4v) is 1.54. The van der Waals surface area contributed by atoms with Gasteiger partial charge in [0.05, 0.1) is 0 Å². The number of halogens is 1. The van der Waals surface area contributed by atoms with Crippen LogP contribution in [0.2, 0.25) is 0 Å². The number of ether oxygens (including phenoxy) is 1. The van der Waals surface area contributed by atoms with E-state index in [1.807, 2.05) is 31.1 Å². The average Bonchev–Trinajstić information content (AvgIpc) is 2.09. The molecule has 0 aromatic heterocycles. The molecular weight excluding hydrogens is 230 g/mol. The van der Waals surface area contributed by atoms with E-state index in [-0.39, 0.29) is 6.23 Å². The minimum absolute atomic E-state index is 0.0353.